The van der Waals surface area contributed by atoms with Gasteiger partial charge in [0.2, 0.25) is 0 Å². The van der Waals surface area contributed by atoms with E-state index in [9.17, 15) is 5.11 Å². The highest BCUT2D eigenvalue weighted by atomic mass is 16.3. The van der Waals surface area contributed by atoms with E-state index in [1.54, 1.807) is 0 Å². The molecule has 0 aromatic heterocycles. The topological polar surface area (TPSA) is 32.3 Å². The Labute approximate surface area is 92.3 Å². The maximum atomic E-state index is 9.20. The first-order valence-corrected chi connectivity index (χ1v) is 5.64. The van der Waals surface area contributed by atoms with Crippen LogP contribution in [0.25, 0.3) is 0 Å². The van der Waals surface area contributed by atoms with Gasteiger partial charge < -0.3 is 10.4 Å². The first-order valence-electron chi connectivity index (χ1n) is 5.64. The molecule has 1 aromatic rings. The molecule has 0 spiro atoms. The van der Waals surface area contributed by atoms with E-state index in [1.807, 2.05) is 24.3 Å². The van der Waals surface area contributed by atoms with E-state index >= 15 is 0 Å². The van der Waals surface area contributed by atoms with Crippen molar-refractivity contribution in [1.82, 2.24) is 0 Å². The number of para-hydroxylation sites is 1. The quantitative estimate of drug-likeness (QED) is 0.778. The zero-order chi connectivity index (χ0) is 11.3. The highest BCUT2D eigenvalue weighted by Crippen LogP contribution is 2.19. The summed E-state index contributed by atoms with van der Waals surface area (Å²) in [5, 5.41) is 12.7. The van der Waals surface area contributed by atoms with Gasteiger partial charge in [-0.25, -0.2) is 0 Å². The van der Waals surface area contributed by atoms with Crippen LogP contribution >= 0.6 is 0 Å². The SMILES string of the molecule is CCC(Nc1ccccc1CO)C(C)C. The van der Waals surface area contributed by atoms with Gasteiger partial charge >= 0.3 is 0 Å². The van der Waals surface area contributed by atoms with Gasteiger partial charge in [0.05, 0.1) is 6.61 Å². The smallest absolute Gasteiger partial charge is 0.0701 e. The van der Waals surface area contributed by atoms with Gasteiger partial charge in [-0.1, -0.05) is 39.0 Å². The average Bonchev–Trinajstić information content (AvgIpc) is 2.25. The molecule has 0 aliphatic rings. The molecule has 2 nitrogen and oxygen atoms in total. The van der Waals surface area contributed by atoms with Crippen LogP contribution in [0.4, 0.5) is 5.69 Å². The lowest BCUT2D eigenvalue weighted by molar-refractivity contribution is 0.282. The molecule has 0 radical (unpaired) electrons. The summed E-state index contributed by atoms with van der Waals surface area (Å²) >= 11 is 0. The minimum atomic E-state index is 0.0949. The Kier molecular flexibility index (Phi) is 4.63. The summed E-state index contributed by atoms with van der Waals surface area (Å²) in [6.07, 6.45) is 1.09. The van der Waals surface area contributed by atoms with E-state index in [0.29, 0.717) is 12.0 Å². The molecule has 1 aromatic carbocycles. The summed E-state index contributed by atoms with van der Waals surface area (Å²) in [5.41, 5.74) is 2.03. The lowest BCUT2D eigenvalue weighted by Crippen LogP contribution is -2.25. The average molecular weight is 207 g/mol. The van der Waals surface area contributed by atoms with Crippen molar-refractivity contribution in [2.24, 2.45) is 5.92 Å². The number of hydrogen-bond acceptors (Lipinski definition) is 2. The largest absolute Gasteiger partial charge is 0.392 e. The summed E-state index contributed by atoms with van der Waals surface area (Å²) in [5.74, 6) is 0.599. The Morgan fingerprint density at radius 2 is 1.93 bits per heavy atom. The molecule has 0 saturated heterocycles. The van der Waals surface area contributed by atoms with E-state index in [1.165, 1.54) is 0 Å². The number of rotatable bonds is 5. The van der Waals surface area contributed by atoms with Crippen molar-refractivity contribution in [3.05, 3.63) is 29.8 Å². The predicted octanol–water partition coefficient (Wildman–Crippen LogP) is 3.03. The molecule has 0 saturated carbocycles. The number of aliphatic hydroxyl groups excluding tert-OH is 1. The summed E-state index contributed by atoms with van der Waals surface area (Å²) in [7, 11) is 0. The second-order valence-electron chi connectivity index (χ2n) is 4.22. The Morgan fingerprint density at radius 3 is 2.47 bits per heavy atom. The lowest BCUT2D eigenvalue weighted by atomic mass is 10.0. The van der Waals surface area contributed by atoms with E-state index < -0.39 is 0 Å². The number of nitrogens with one attached hydrogen (secondary N) is 1. The fourth-order valence-electron chi connectivity index (χ4n) is 1.74. The van der Waals surface area contributed by atoms with E-state index in [-0.39, 0.29) is 6.61 Å². The van der Waals surface area contributed by atoms with Gasteiger partial charge in [-0.2, -0.15) is 0 Å². The van der Waals surface area contributed by atoms with Crippen LogP contribution in [-0.4, -0.2) is 11.1 Å². The van der Waals surface area contributed by atoms with Gasteiger partial charge in [-0.15, -0.1) is 0 Å². The van der Waals surface area contributed by atoms with E-state index in [0.717, 1.165) is 17.7 Å². The minimum absolute atomic E-state index is 0.0949. The maximum Gasteiger partial charge on any atom is 0.0701 e. The van der Waals surface area contributed by atoms with Crippen LogP contribution in [0.5, 0.6) is 0 Å². The molecule has 0 aliphatic carbocycles. The van der Waals surface area contributed by atoms with Crippen molar-refractivity contribution in [2.75, 3.05) is 5.32 Å². The zero-order valence-electron chi connectivity index (χ0n) is 9.83. The number of benzene rings is 1. The highest BCUT2D eigenvalue weighted by molar-refractivity contribution is 5.51. The van der Waals surface area contributed by atoms with Gasteiger partial charge in [0.25, 0.3) is 0 Å². The van der Waals surface area contributed by atoms with E-state index in [2.05, 4.69) is 26.1 Å². The van der Waals surface area contributed by atoms with Crippen molar-refractivity contribution in [2.45, 2.75) is 39.8 Å². The lowest BCUT2D eigenvalue weighted by Gasteiger charge is -2.23. The molecule has 0 aliphatic heterocycles. The summed E-state index contributed by atoms with van der Waals surface area (Å²) in [4.78, 5) is 0. The van der Waals surface area contributed by atoms with Crippen molar-refractivity contribution >= 4 is 5.69 Å². The molecule has 1 rings (SSSR count). The fourth-order valence-corrected chi connectivity index (χ4v) is 1.74. The summed E-state index contributed by atoms with van der Waals surface area (Å²) in [6, 6.07) is 8.39. The Hall–Kier alpha value is -1.02. The standard InChI is InChI=1S/C13H21NO/c1-4-12(10(2)3)14-13-8-6-5-7-11(13)9-15/h5-8,10,12,14-15H,4,9H2,1-3H3. The number of aliphatic hydroxyl groups is 1. The zero-order valence-corrected chi connectivity index (χ0v) is 9.83. The van der Waals surface area contributed by atoms with Crippen LogP contribution in [0.1, 0.15) is 32.8 Å². The molecule has 1 unspecified atom stereocenters. The van der Waals surface area contributed by atoms with Crippen LogP contribution in [0.2, 0.25) is 0 Å². The molecule has 1 atom stereocenters. The number of anilines is 1. The fraction of sp³-hybridized carbons (Fsp3) is 0.538. The van der Waals surface area contributed by atoms with Crippen LogP contribution < -0.4 is 5.32 Å². The van der Waals surface area contributed by atoms with Crippen LogP contribution in [0.3, 0.4) is 0 Å². The van der Waals surface area contributed by atoms with Crippen molar-refractivity contribution in [3.63, 3.8) is 0 Å². The molecular weight excluding hydrogens is 186 g/mol. The monoisotopic (exact) mass is 207 g/mol. The van der Waals surface area contributed by atoms with Crippen LogP contribution in [0.15, 0.2) is 24.3 Å². The molecule has 2 heteroatoms. The van der Waals surface area contributed by atoms with Crippen molar-refractivity contribution < 1.29 is 5.11 Å². The Morgan fingerprint density at radius 1 is 1.27 bits per heavy atom. The van der Waals surface area contributed by atoms with Gasteiger partial charge in [-0.05, 0) is 18.4 Å². The molecule has 84 valence electrons. The summed E-state index contributed by atoms with van der Waals surface area (Å²) < 4.78 is 0. The highest BCUT2D eigenvalue weighted by Gasteiger charge is 2.11. The second-order valence-corrected chi connectivity index (χ2v) is 4.22. The van der Waals surface area contributed by atoms with Crippen molar-refractivity contribution in [3.8, 4) is 0 Å². The third-order valence-corrected chi connectivity index (χ3v) is 2.77. The Bertz CT molecular complexity index is 296. The first-order chi connectivity index (χ1) is 7.19. The van der Waals surface area contributed by atoms with Gasteiger partial charge in [0.15, 0.2) is 0 Å². The number of hydrogen-bond donors (Lipinski definition) is 2. The molecule has 15 heavy (non-hydrogen) atoms. The molecule has 0 bridgehead atoms. The second kappa shape index (κ2) is 5.76. The van der Waals surface area contributed by atoms with Crippen molar-refractivity contribution in [1.29, 1.82) is 0 Å². The molecule has 2 N–H and O–H groups in total. The summed E-state index contributed by atoms with van der Waals surface area (Å²) in [6.45, 7) is 6.70. The normalized spacial score (nSPS) is 12.9. The van der Waals surface area contributed by atoms with Gasteiger partial charge in [0.1, 0.15) is 0 Å². The molecule has 0 fully saturated rings. The predicted molar refractivity (Wildman–Crippen MR) is 64.9 cm³/mol. The Balaban J connectivity index is 2.78. The van der Waals surface area contributed by atoms with Gasteiger partial charge in [0, 0.05) is 17.3 Å². The molecule has 0 heterocycles. The molecular formula is C13H21NO. The molecule has 0 amide bonds. The van der Waals surface area contributed by atoms with E-state index in [4.69, 9.17) is 0 Å². The van der Waals surface area contributed by atoms with Crippen LogP contribution in [0, 0.1) is 5.92 Å². The first kappa shape index (κ1) is 12.1. The third-order valence-electron chi connectivity index (χ3n) is 2.77. The maximum absolute atomic E-state index is 9.20. The third kappa shape index (κ3) is 3.24. The minimum Gasteiger partial charge on any atom is -0.392 e. The van der Waals surface area contributed by atoms with Gasteiger partial charge in [-0.3, -0.25) is 0 Å². The van der Waals surface area contributed by atoms with Crippen LogP contribution in [-0.2, 0) is 6.61 Å².